The van der Waals surface area contributed by atoms with Crippen molar-refractivity contribution >= 4 is 51.3 Å². The van der Waals surface area contributed by atoms with Gasteiger partial charge in [0, 0.05) is 27.2 Å². The van der Waals surface area contributed by atoms with Crippen LogP contribution in [0, 0.1) is 12.7 Å². The van der Waals surface area contributed by atoms with Crippen LogP contribution in [-0.2, 0) is 0 Å². The molecule has 4 rings (SSSR count). The van der Waals surface area contributed by atoms with E-state index in [1.54, 1.807) is 30.7 Å². The third-order valence-corrected chi connectivity index (χ3v) is 6.17. The fourth-order valence-electron chi connectivity index (χ4n) is 3.01. The second kappa shape index (κ2) is 7.28. The fraction of sp³-hybridized carbons (Fsp3) is 0.150. The lowest BCUT2D eigenvalue weighted by atomic mass is 10.1. The van der Waals surface area contributed by atoms with E-state index in [1.807, 2.05) is 6.92 Å². The largest absolute Gasteiger partial charge is 0.478 e. The molecule has 3 heterocycles. The van der Waals surface area contributed by atoms with Crippen LogP contribution in [0.2, 0.25) is 10.0 Å². The molecular formula is C20H15Cl2FN2O2S. The molecule has 0 aliphatic carbocycles. The number of furan rings is 1. The molecule has 1 atom stereocenters. The van der Waals surface area contributed by atoms with Crippen molar-refractivity contribution in [3.63, 3.8) is 0 Å². The number of nitrogen functional groups attached to an aromatic ring is 1. The van der Waals surface area contributed by atoms with E-state index in [0.29, 0.717) is 16.2 Å². The van der Waals surface area contributed by atoms with Gasteiger partial charge in [-0.05, 0) is 43.0 Å². The average Bonchev–Trinajstić information content (AvgIpc) is 3.27. The first kappa shape index (κ1) is 19.1. The van der Waals surface area contributed by atoms with E-state index in [-0.39, 0.29) is 16.6 Å². The van der Waals surface area contributed by atoms with Crippen LogP contribution >= 0.6 is 34.5 Å². The molecule has 28 heavy (non-hydrogen) atoms. The highest BCUT2D eigenvalue weighted by Crippen LogP contribution is 2.42. The Labute approximate surface area is 174 Å². The van der Waals surface area contributed by atoms with E-state index in [2.05, 4.69) is 16.4 Å². The summed E-state index contributed by atoms with van der Waals surface area (Å²) in [6.45, 7) is 3.73. The predicted octanol–water partition coefficient (Wildman–Crippen LogP) is 7.03. The fourth-order valence-corrected chi connectivity index (χ4v) is 4.61. The number of nitrogens with zero attached hydrogens (tertiary/aromatic N) is 1. The number of anilines is 1. The van der Waals surface area contributed by atoms with Crippen LogP contribution < -0.4 is 10.5 Å². The number of ether oxygens (including phenoxy) is 1. The molecular weight excluding hydrogens is 422 g/mol. The van der Waals surface area contributed by atoms with Crippen molar-refractivity contribution in [3.8, 4) is 16.2 Å². The highest BCUT2D eigenvalue weighted by atomic mass is 35.5. The standard InChI is InChI=1S/C20H15Cl2FN2O2S/c1-9-5-15(28-8-9)12-7-26-18-11(12)6-25-20(24)19(18)27-10(2)16-13(21)3-4-14(23)17(16)22/h3-8,10H,1-2H3,(H2,24,25)/t10-/m1/s1. The Bertz CT molecular complexity index is 1190. The summed E-state index contributed by atoms with van der Waals surface area (Å²) >= 11 is 13.9. The second-order valence-corrected chi connectivity index (χ2v) is 8.07. The molecule has 0 amide bonds. The maximum atomic E-state index is 13.9. The highest BCUT2D eigenvalue weighted by Gasteiger charge is 2.23. The molecule has 0 saturated heterocycles. The van der Waals surface area contributed by atoms with Gasteiger partial charge in [0.15, 0.2) is 11.4 Å². The third kappa shape index (κ3) is 3.21. The van der Waals surface area contributed by atoms with Gasteiger partial charge in [-0.2, -0.15) is 0 Å². The van der Waals surface area contributed by atoms with Crippen molar-refractivity contribution < 1.29 is 13.5 Å². The van der Waals surface area contributed by atoms with Gasteiger partial charge in [-0.3, -0.25) is 0 Å². The molecule has 0 radical (unpaired) electrons. The highest BCUT2D eigenvalue weighted by molar-refractivity contribution is 7.13. The van der Waals surface area contributed by atoms with E-state index in [0.717, 1.165) is 15.8 Å². The van der Waals surface area contributed by atoms with Crippen molar-refractivity contribution in [3.05, 3.63) is 63.0 Å². The first-order valence-electron chi connectivity index (χ1n) is 8.38. The zero-order chi connectivity index (χ0) is 20.0. The molecule has 4 aromatic rings. The maximum absolute atomic E-state index is 13.9. The number of pyridine rings is 1. The quantitative estimate of drug-likeness (QED) is 0.348. The summed E-state index contributed by atoms with van der Waals surface area (Å²) < 4.78 is 25.7. The van der Waals surface area contributed by atoms with Gasteiger partial charge >= 0.3 is 0 Å². The summed E-state index contributed by atoms with van der Waals surface area (Å²) in [5, 5.41) is 3.04. The average molecular weight is 437 g/mol. The number of benzene rings is 1. The van der Waals surface area contributed by atoms with Crippen LogP contribution in [0.25, 0.3) is 21.4 Å². The molecule has 0 fully saturated rings. The van der Waals surface area contributed by atoms with E-state index in [4.69, 9.17) is 38.1 Å². The first-order valence-corrected chi connectivity index (χ1v) is 10.0. The number of thiophene rings is 1. The van der Waals surface area contributed by atoms with E-state index < -0.39 is 11.9 Å². The monoisotopic (exact) mass is 436 g/mol. The van der Waals surface area contributed by atoms with Crippen molar-refractivity contribution in [1.82, 2.24) is 4.98 Å². The lowest BCUT2D eigenvalue weighted by Gasteiger charge is -2.18. The Hall–Kier alpha value is -2.28. The molecule has 0 unspecified atom stereocenters. The molecule has 0 aliphatic rings. The van der Waals surface area contributed by atoms with Crippen molar-refractivity contribution in [2.75, 3.05) is 5.73 Å². The molecule has 1 aromatic carbocycles. The molecule has 144 valence electrons. The lowest BCUT2D eigenvalue weighted by Crippen LogP contribution is -2.08. The van der Waals surface area contributed by atoms with Crippen LogP contribution in [-0.4, -0.2) is 4.98 Å². The van der Waals surface area contributed by atoms with Gasteiger partial charge in [-0.1, -0.05) is 23.2 Å². The molecule has 0 aliphatic heterocycles. The minimum atomic E-state index is -0.678. The molecule has 2 N–H and O–H groups in total. The number of hydrogen-bond acceptors (Lipinski definition) is 5. The van der Waals surface area contributed by atoms with Gasteiger partial charge in [0.25, 0.3) is 0 Å². The molecule has 8 heteroatoms. The van der Waals surface area contributed by atoms with E-state index >= 15 is 0 Å². The number of hydrogen-bond donors (Lipinski definition) is 1. The summed E-state index contributed by atoms with van der Waals surface area (Å²) in [4.78, 5) is 5.29. The van der Waals surface area contributed by atoms with Crippen LogP contribution in [0.1, 0.15) is 24.2 Å². The number of rotatable bonds is 4. The minimum Gasteiger partial charge on any atom is -0.478 e. The first-order chi connectivity index (χ1) is 13.4. The van der Waals surface area contributed by atoms with Crippen molar-refractivity contribution in [2.24, 2.45) is 0 Å². The molecule has 0 spiro atoms. The number of nitrogens with two attached hydrogens (primary N) is 1. The number of aryl methyl sites for hydroxylation is 1. The molecule has 0 bridgehead atoms. The van der Waals surface area contributed by atoms with E-state index in [1.165, 1.54) is 17.7 Å². The number of halogens is 3. The summed E-state index contributed by atoms with van der Waals surface area (Å²) in [7, 11) is 0. The van der Waals surface area contributed by atoms with Crippen LogP contribution in [0.5, 0.6) is 5.75 Å². The molecule has 0 saturated carbocycles. The summed E-state index contributed by atoms with van der Waals surface area (Å²) in [6.07, 6.45) is 2.62. The van der Waals surface area contributed by atoms with Gasteiger partial charge in [-0.15, -0.1) is 11.3 Å². The van der Waals surface area contributed by atoms with Gasteiger partial charge < -0.3 is 14.9 Å². The molecule has 4 nitrogen and oxygen atoms in total. The van der Waals surface area contributed by atoms with Gasteiger partial charge in [0.2, 0.25) is 5.75 Å². The summed E-state index contributed by atoms with van der Waals surface area (Å²) in [6, 6.07) is 4.71. The number of fused-ring (bicyclic) bond motifs is 1. The minimum absolute atomic E-state index is 0.0899. The second-order valence-electron chi connectivity index (χ2n) is 6.37. The predicted molar refractivity (Wildman–Crippen MR) is 112 cm³/mol. The Morgan fingerprint density at radius 2 is 2.11 bits per heavy atom. The Morgan fingerprint density at radius 3 is 2.82 bits per heavy atom. The van der Waals surface area contributed by atoms with E-state index in [9.17, 15) is 4.39 Å². The van der Waals surface area contributed by atoms with Crippen LogP contribution in [0.4, 0.5) is 10.2 Å². The van der Waals surface area contributed by atoms with Crippen LogP contribution in [0.3, 0.4) is 0 Å². The Kier molecular flexibility index (Phi) is 4.95. The van der Waals surface area contributed by atoms with Crippen molar-refractivity contribution in [2.45, 2.75) is 20.0 Å². The Morgan fingerprint density at radius 1 is 1.32 bits per heavy atom. The van der Waals surface area contributed by atoms with Crippen molar-refractivity contribution in [1.29, 1.82) is 0 Å². The normalized spacial score (nSPS) is 12.5. The zero-order valence-corrected chi connectivity index (χ0v) is 17.3. The Balaban J connectivity index is 1.78. The SMILES string of the molecule is Cc1csc(-c2coc3c(O[C@H](C)c4c(Cl)ccc(F)c4Cl)c(N)ncc23)c1. The van der Waals surface area contributed by atoms with Crippen LogP contribution in [0.15, 0.2) is 40.5 Å². The molecule has 3 aromatic heterocycles. The smallest absolute Gasteiger partial charge is 0.205 e. The topological polar surface area (TPSA) is 61.3 Å². The van der Waals surface area contributed by atoms with Gasteiger partial charge in [0.1, 0.15) is 18.2 Å². The third-order valence-electron chi connectivity index (χ3n) is 4.38. The summed E-state index contributed by atoms with van der Waals surface area (Å²) in [5.74, 6) is -0.152. The van der Waals surface area contributed by atoms with Gasteiger partial charge in [0.05, 0.1) is 10.4 Å². The maximum Gasteiger partial charge on any atom is 0.205 e. The lowest BCUT2D eigenvalue weighted by molar-refractivity contribution is 0.227. The number of aromatic nitrogens is 1. The summed E-state index contributed by atoms with van der Waals surface area (Å²) in [5.41, 5.74) is 8.90. The zero-order valence-electron chi connectivity index (χ0n) is 14.9. The van der Waals surface area contributed by atoms with Gasteiger partial charge in [-0.25, -0.2) is 9.37 Å².